The molecule has 0 aliphatic carbocycles. The molecule has 0 saturated heterocycles. The molecule has 0 atom stereocenters. The lowest BCUT2D eigenvalue weighted by Gasteiger charge is -2.02. The van der Waals surface area contributed by atoms with E-state index in [0.29, 0.717) is 33.4 Å². The van der Waals surface area contributed by atoms with Crippen LogP contribution in [0.2, 0.25) is 10.0 Å². The van der Waals surface area contributed by atoms with Crippen molar-refractivity contribution in [3.63, 3.8) is 0 Å². The number of ether oxygens (including phenoxy) is 1. The molecule has 0 saturated carbocycles. The van der Waals surface area contributed by atoms with Crippen LogP contribution in [0.1, 0.15) is 59.2 Å². The molecule has 0 bridgehead atoms. The quantitative estimate of drug-likeness (QED) is 0.155. The minimum atomic E-state index is -0.692. The van der Waals surface area contributed by atoms with Crippen molar-refractivity contribution in [1.82, 2.24) is 19.9 Å². The van der Waals surface area contributed by atoms with Crippen molar-refractivity contribution in [2.45, 2.75) is 27.2 Å². The number of hydrogen-bond acceptors (Lipinski definition) is 10. The van der Waals surface area contributed by atoms with Crippen molar-refractivity contribution >= 4 is 66.9 Å². The fourth-order valence-corrected chi connectivity index (χ4v) is 4.91. The number of oxazole rings is 2. The molecule has 0 radical (unpaired) electrons. The Morgan fingerprint density at radius 1 is 0.844 bits per heavy atom. The maximum Gasteiger partial charge on any atom is 0.377 e. The Balaban J connectivity index is 0.000000203. The highest BCUT2D eigenvalue weighted by Gasteiger charge is 2.21. The molecule has 6 rings (SSSR count). The lowest BCUT2D eigenvalue weighted by Crippen LogP contribution is -2.05. The molecule has 4 aromatic heterocycles. The van der Waals surface area contributed by atoms with Gasteiger partial charge in [-0.05, 0) is 70.4 Å². The summed E-state index contributed by atoms with van der Waals surface area (Å²) in [7, 11) is 0. The third kappa shape index (κ3) is 8.02. The first kappa shape index (κ1) is 33.1. The first-order chi connectivity index (χ1) is 21.3. The van der Waals surface area contributed by atoms with Crippen LogP contribution in [0.25, 0.3) is 21.8 Å². The summed E-state index contributed by atoms with van der Waals surface area (Å²) >= 11 is 15.1. The van der Waals surface area contributed by atoms with Gasteiger partial charge in [0, 0.05) is 36.0 Å². The Morgan fingerprint density at radius 2 is 1.36 bits per heavy atom. The van der Waals surface area contributed by atoms with E-state index in [0.717, 1.165) is 32.9 Å². The fourth-order valence-electron chi connectivity index (χ4n) is 4.22. The summed E-state index contributed by atoms with van der Waals surface area (Å²) in [6, 6.07) is 19.0. The average molecular weight is 706 g/mol. The van der Waals surface area contributed by atoms with E-state index in [-0.39, 0.29) is 37.1 Å². The minimum absolute atomic E-state index is 0. The number of pyridine rings is 2. The molecule has 0 amide bonds. The van der Waals surface area contributed by atoms with Crippen LogP contribution in [0, 0.1) is 22.7 Å². The van der Waals surface area contributed by atoms with Crippen LogP contribution >= 0.6 is 39.1 Å². The first-order valence-corrected chi connectivity index (χ1v) is 14.5. The van der Waals surface area contributed by atoms with E-state index in [9.17, 15) is 4.79 Å². The van der Waals surface area contributed by atoms with E-state index in [2.05, 4.69) is 35.9 Å². The van der Waals surface area contributed by atoms with Crippen LogP contribution in [-0.4, -0.2) is 32.5 Å². The zero-order chi connectivity index (χ0) is 31.2. The number of carbonyl (C=O) groups excluding carboxylic acids is 1. The van der Waals surface area contributed by atoms with E-state index in [1.165, 1.54) is 0 Å². The molecule has 0 fully saturated rings. The molecule has 0 unspecified atom stereocenters. The second-order valence-electron chi connectivity index (χ2n) is 9.17. The number of hydrogen-bond donors (Lipinski definition) is 0. The summed E-state index contributed by atoms with van der Waals surface area (Å²) in [6.45, 7) is 1.87. The molecule has 13 heteroatoms. The van der Waals surface area contributed by atoms with Gasteiger partial charge in [0.1, 0.15) is 12.1 Å². The van der Waals surface area contributed by atoms with Gasteiger partial charge in [-0.3, -0.25) is 9.97 Å². The Morgan fingerprint density at radius 3 is 1.84 bits per heavy atom. The van der Waals surface area contributed by atoms with Gasteiger partial charge in [-0.2, -0.15) is 10.5 Å². The van der Waals surface area contributed by atoms with Crippen LogP contribution in [0.5, 0.6) is 0 Å². The predicted molar refractivity (Wildman–Crippen MR) is 172 cm³/mol. The summed E-state index contributed by atoms with van der Waals surface area (Å²) in [4.78, 5) is 28.4. The van der Waals surface area contributed by atoms with Crippen LogP contribution in [0.4, 0.5) is 0 Å². The molecule has 0 aliphatic rings. The zero-order valence-electron chi connectivity index (χ0n) is 22.8. The molecule has 45 heavy (non-hydrogen) atoms. The molecular formula is C32H23BrCl2N6O4. The maximum absolute atomic E-state index is 11.8. The number of halogens is 3. The molecule has 0 spiro atoms. The van der Waals surface area contributed by atoms with E-state index in [1.54, 1.807) is 19.3 Å². The lowest BCUT2D eigenvalue weighted by atomic mass is 10.1. The number of esters is 1. The van der Waals surface area contributed by atoms with Gasteiger partial charge in [-0.1, -0.05) is 42.8 Å². The monoisotopic (exact) mass is 704 g/mol. The second-order valence-corrected chi connectivity index (χ2v) is 10.8. The third-order valence-corrected chi connectivity index (χ3v) is 7.06. The number of fused-ring (bicyclic) bond motifs is 2. The van der Waals surface area contributed by atoms with Gasteiger partial charge in [0.15, 0.2) is 11.4 Å². The third-order valence-electron chi connectivity index (χ3n) is 6.11. The molecule has 2 aromatic carbocycles. The van der Waals surface area contributed by atoms with Gasteiger partial charge in [0.25, 0.3) is 0 Å². The molecule has 6 aromatic rings. The van der Waals surface area contributed by atoms with Crippen molar-refractivity contribution in [3.8, 4) is 12.1 Å². The minimum Gasteiger partial charge on any atom is -0.460 e. The number of carbonyl (C=O) groups is 1. The summed E-state index contributed by atoms with van der Waals surface area (Å²) < 4.78 is 16.0. The summed E-state index contributed by atoms with van der Waals surface area (Å²) in [5.41, 5.74) is 3.79. The normalized spacial score (nSPS) is 10.4. The smallest absolute Gasteiger partial charge is 0.377 e. The van der Waals surface area contributed by atoms with Gasteiger partial charge in [0.2, 0.25) is 22.2 Å². The Hall–Kier alpha value is -4.81. The Bertz CT molecular complexity index is 2100. The molecule has 0 aliphatic heterocycles. The number of rotatable bonds is 6. The van der Waals surface area contributed by atoms with E-state index < -0.39 is 5.97 Å². The summed E-state index contributed by atoms with van der Waals surface area (Å²) in [5.74, 6) is -0.103. The number of benzene rings is 2. The van der Waals surface area contributed by atoms with Gasteiger partial charge >= 0.3 is 5.97 Å². The molecule has 4 heterocycles. The fraction of sp³-hybridized carbons (Fsp3) is 0.156. The van der Waals surface area contributed by atoms with Crippen molar-refractivity contribution in [3.05, 3.63) is 116 Å². The maximum atomic E-state index is 11.8. The molecule has 10 nitrogen and oxygen atoms in total. The largest absolute Gasteiger partial charge is 0.460 e. The van der Waals surface area contributed by atoms with Crippen LogP contribution in [-0.2, 0) is 17.6 Å². The van der Waals surface area contributed by atoms with Crippen molar-refractivity contribution in [2.24, 2.45) is 0 Å². The highest BCUT2D eigenvalue weighted by molar-refractivity contribution is 9.10. The Labute approximate surface area is 276 Å². The molecule has 226 valence electrons. The van der Waals surface area contributed by atoms with E-state index >= 15 is 0 Å². The number of nitrogens with zero attached hydrogens (tertiary/aromatic N) is 6. The van der Waals surface area contributed by atoms with Gasteiger partial charge < -0.3 is 13.6 Å². The van der Waals surface area contributed by atoms with Gasteiger partial charge in [-0.25, -0.2) is 14.8 Å². The Kier molecular flexibility index (Phi) is 10.9. The average Bonchev–Trinajstić information content (AvgIpc) is 3.59. The van der Waals surface area contributed by atoms with Crippen molar-refractivity contribution in [2.75, 3.05) is 6.61 Å². The van der Waals surface area contributed by atoms with E-state index in [4.69, 9.17) is 47.3 Å². The molecular weight excluding hydrogens is 683 g/mol. The van der Waals surface area contributed by atoms with Crippen LogP contribution in [0.15, 0.2) is 74.4 Å². The topological polar surface area (TPSA) is 152 Å². The van der Waals surface area contributed by atoms with Crippen LogP contribution in [0.3, 0.4) is 0 Å². The summed E-state index contributed by atoms with van der Waals surface area (Å²) in [6.07, 6.45) is 4.04. The summed E-state index contributed by atoms with van der Waals surface area (Å²) in [5, 5.41) is 20.9. The first-order valence-electron chi connectivity index (χ1n) is 13.0. The van der Waals surface area contributed by atoms with Crippen molar-refractivity contribution in [1.29, 1.82) is 10.5 Å². The molecule has 0 N–H and O–H groups in total. The van der Waals surface area contributed by atoms with Crippen LogP contribution < -0.4 is 0 Å². The highest BCUT2D eigenvalue weighted by Crippen LogP contribution is 2.23. The zero-order valence-corrected chi connectivity index (χ0v) is 25.9. The predicted octanol–water partition coefficient (Wildman–Crippen LogP) is 8.25. The lowest BCUT2D eigenvalue weighted by molar-refractivity contribution is 0.0487. The van der Waals surface area contributed by atoms with Gasteiger partial charge in [0.05, 0.1) is 27.7 Å². The second kappa shape index (κ2) is 14.8. The highest BCUT2D eigenvalue weighted by atomic mass is 79.9. The van der Waals surface area contributed by atoms with Gasteiger partial charge in [-0.15, -0.1) is 0 Å². The standard InChI is InChI=1S/C17H12ClN3O3.C14H7BrClN3O.CH4/c1-2-23-17(22)16-14(8-19)21-15(24-16)6-10-3-4-13-11(5-10)7-12(18)9-20-13;15-14-12(6-17)19-13(20-14)4-8-1-2-11-9(3-8)5-10(16)7-18-11;/h3-5,7,9H,2,6H2,1H3;1-3,5,7H,4H2;1H4. The number of aromatic nitrogens is 4. The number of nitriles is 2. The SMILES string of the molecule is C.CCOC(=O)c1oc(Cc2ccc3ncc(Cl)cc3c2)nc1C#N.N#Cc1nc(Cc2ccc3ncc(Cl)cc3c2)oc1Br. The van der Waals surface area contributed by atoms with E-state index in [1.807, 2.05) is 60.7 Å². The van der Waals surface area contributed by atoms with Crippen molar-refractivity contribution < 1.29 is 18.4 Å².